The predicted molar refractivity (Wildman–Crippen MR) is 124 cm³/mol. The van der Waals surface area contributed by atoms with Crippen LogP contribution in [0.1, 0.15) is 6.42 Å². The van der Waals surface area contributed by atoms with Gasteiger partial charge in [0.25, 0.3) is 5.56 Å². The Morgan fingerprint density at radius 1 is 1.03 bits per heavy atom. The SMILES string of the molecule is COc1cc2ncn(CCC(=O)N3CCN(c4ccc(Cl)cc4)CC3)c(=O)c2cc1OC. The Labute approximate surface area is 190 Å². The quantitative estimate of drug-likeness (QED) is 0.567. The maximum Gasteiger partial charge on any atom is 0.261 e. The number of aromatic nitrogens is 2. The van der Waals surface area contributed by atoms with Crippen LogP contribution in [-0.2, 0) is 11.3 Å². The maximum atomic E-state index is 12.9. The van der Waals surface area contributed by atoms with E-state index in [0.717, 1.165) is 18.8 Å². The fourth-order valence-corrected chi connectivity index (χ4v) is 4.01. The Hall–Kier alpha value is -3.26. The highest BCUT2D eigenvalue weighted by Crippen LogP contribution is 2.29. The van der Waals surface area contributed by atoms with Gasteiger partial charge in [0.05, 0.1) is 31.4 Å². The number of carbonyl (C=O) groups is 1. The Morgan fingerprint density at radius 2 is 1.69 bits per heavy atom. The highest BCUT2D eigenvalue weighted by atomic mass is 35.5. The largest absolute Gasteiger partial charge is 0.493 e. The molecule has 3 aromatic rings. The summed E-state index contributed by atoms with van der Waals surface area (Å²) in [5.41, 5.74) is 1.41. The number of aryl methyl sites for hydroxylation is 1. The van der Waals surface area contributed by atoms with E-state index in [4.69, 9.17) is 21.1 Å². The van der Waals surface area contributed by atoms with Gasteiger partial charge in [0.1, 0.15) is 0 Å². The summed E-state index contributed by atoms with van der Waals surface area (Å²) >= 11 is 5.96. The van der Waals surface area contributed by atoms with Gasteiger partial charge in [-0.2, -0.15) is 0 Å². The number of ether oxygens (including phenoxy) is 2. The molecule has 0 unspecified atom stereocenters. The van der Waals surface area contributed by atoms with E-state index in [1.54, 1.807) is 12.1 Å². The summed E-state index contributed by atoms with van der Waals surface area (Å²) in [6, 6.07) is 11.0. The Kier molecular flexibility index (Phi) is 6.50. The Balaban J connectivity index is 1.39. The Morgan fingerprint density at radius 3 is 2.34 bits per heavy atom. The molecule has 8 nitrogen and oxygen atoms in total. The standard InChI is InChI=1S/C23H25ClN4O4/c1-31-20-13-18-19(14-21(20)32-2)25-15-28(23(18)30)8-7-22(29)27-11-9-26(10-12-27)17-5-3-16(24)4-6-17/h3-6,13-15H,7-12H2,1-2H3. The fourth-order valence-electron chi connectivity index (χ4n) is 3.88. The third kappa shape index (κ3) is 4.50. The highest BCUT2D eigenvalue weighted by molar-refractivity contribution is 6.30. The minimum Gasteiger partial charge on any atom is -0.493 e. The van der Waals surface area contributed by atoms with Crippen molar-refractivity contribution < 1.29 is 14.3 Å². The van der Waals surface area contributed by atoms with Gasteiger partial charge in [-0.05, 0) is 30.3 Å². The molecular formula is C23H25ClN4O4. The molecule has 0 saturated carbocycles. The van der Waals surface area contributed by atoms with Crippen LogP contribution in [0, 0.1) is 0 Å². The number of fused-ring (bicyclic) bond motifs is 1. The van der Waals surface area contributed by atoms with Crippen LogP contribution in [0.25, 0.3) is 10.9 Å². The van der Waals surface area contributed by atoms with E-state index in [0.29, 0.717) is 40.5 Å². The van der Waals surface area contributed by atoms with Crippen LogP contribution in [0.4, 0.5) is 5.69 Å². The van der Waals surface area contributed by atoms with Crippen molar-refractivity contribution in [3.05, 3.63) is 58.1 Å². The molecule has 0 radical (unpaired) electrons. The van der Waals surface area contributed by atoms with Gasteiger partial charge in [-0.3, -0.25) is 14.2 Å². The summed E-state index contributed by atoms with van der Waals surface area (Å²) in [7, 11) is 3.05. The smallest absolute Gasteiger partial charge is 0.261 e. The van der Waals surface area contributed by atoms with Crippen LogP contribution in [0.15, 0.2) is 47.5 Å². The lowest BCUT2D eigenvalue weighted by atomic mass is 10.2. The molecule has 0 bridgehead atoms. The van der Waals surface area contributed by atoms with Crippen molar-refractivity contribution in [2.45, 2.75) is 13.0 Å². The monoisotopic (exact) mass is 456 g/mol. The number of anilines is 1. The van der Waals surface area contributed by atoms with Gasteiger partial charge in [0, 0.05) is 55.9 Å². The fraction of sp³-hybridized carbons (Fsp3) is 0.348. The predicted octanol–water partition coefficient (Wildman–Crippen LogP) is 2.81. The molecule has 1 fully saturated rings. The lowest BCUT2D eigenvalue weighted by molar-refractivity contribution is -0.131. The molecule has 4 rings (SSSR count). The van der Waals surface area contributed by atoms with Crippen LogP contribution in [0.3, 0.4) is 0 Å². The summed E-state index contributed by atoms with van der Waals surface area (Å²) in [4.78, 5) is 34.1. The van der Waals surface area contributed by atoms with Gasteiger partial charge in [-0.15, -0.1) is 0 Å². The van der Waals surface area contributed by atoms with Gasteiger partial charge < -0.3 is 19.3 Å². The second kappa shape index (κ2) is 9.48. The first-order chi connectivity index (χ1) is 15.5. The lowest BCUT2D eigenvalue weighted by Crippen LogP contribution is -2.49. The van der Waals surface area contributed by atoms with Gasteiger partial charge >= 0.3 is 0 Å². The summed E-state index contributed by atoms with van der Waals surface area (Å²) in [6.45, 7) is 3.07. The van der Waals surface area contributed by atoms with E-state index in [2.05, 4.69) is 9.88 Å². The molecule has 168 valence electrons. The highest BCUT2D eigenvalue weighted by Gasteiger charge is 2.21. The first-order valence-electron chi connectivity index (χ1n) is 10.4. The number of halogens is 1. The topological polar surface area (TPSA) is 76.9 Å². The summed E-state index contributed by atoms with van der Waals surface area (Å²) in [6.07, 6.45) is 1.71. The molecular weight excluding hydrogens is 432 g/mol. The average Bonchev–Trinajstić information content (AvgIpc) is 2.83. The van der Waals surface area contributed by atoms with Crippen molar-refractivity contribution in [1.82, 2.24) is 14.5 Å². The molecule has 2 aromatic carbocycles. The third-order valence-electron chi connectivity index (χ3n) is 5.72. The molecule has 0 spiro atoms. The number of amides is 1. The van der Waals surface area contributed by atoms with Crippen LogP contribution in [-0.4, -0.2) is 60.8 Å². The molecule has 1 aromatic heterocycles. The minimum absolute atomic E-state index is 0.0278. The van der Waals surface area contributed by atoms with Gasteiger partial charge in [-0.1, -0.05) is 11.6 Å². The first kappa shape index (κ1) is 22.0. The van der Waals surface area contributed by atoms with Crippen molar-refractivity contribution in [2.75, 3.05) is 45.3 Å². The number of benzene rings is 2. The molecule has 1 aliphatic rings. The molecule has 1 aliphatic heterocycles. The van der Waals surface area contributed by atoms with E-state index in [9.17, 15) is 9.59 Å². The second-order valence-electron chi connectivity index (χ2n) is 7.56. The number of methoxy groups -OCH3 is 2. The van der Waals surface area contributed by atoms with Gasteiger partial charge in [0.2, 0.25) is 5.91 Å². The number of hydrogen-bond donors (Lipinski definition) is 0. The normalized spacial score (nSPS) is 14.0. The summed E-state index contributed by atoms with van der Waals surface area (Å²) in [5.74, 6) is 1.00. The van der Waals surface area contributed by atoms with E-state index in [-0.39, 0.29) is 24.4 Å². The molecule has 1 amide bonds. The number of nitrogens with zero attached hydrogens (tertiary/aromatic N) is 4. The van der Waals surface area contributed by atoms with E-state index in [1.807, 2.05) is 29.2 Å². The molecule has 0 atom stereocenters. The van der Waals surface area contributed by atoms with Crippen LogP contribution >= 0.6 is 11.6 Å². The molecule has 32 heavy (non-hydrogen) atoms. The zero-order chi connectivity index (χ0) is 22.7. The number of carbonyl (C=O) groups excluding carboxylic acids is 1. The zero-order valence-corrected chi connectivity index (χ0v) is 18.8. The minimum atomic E-state index is -0.212. The van der Waals surface area contributed by atoms with E-state index in [1.165, 1.54) is 25.1 Å². The number of rotatable bonds is 6. The van der Waals surface area contributed by atoms with Crippen molar-refractivity contribution in [1.29, 1.82) is 0 Å². The van der Waals surface area contributed by atoms with Crippen molar-refractivity contribution >= 4 is 34.1 Å². The molecule has 1 saturated heterocycles. The number of piperazine rings is 1. The van der Waals surface area contributed by atoms with Crippen LogP contribution < -0.4 is 19.9 Å². The van der Waals surface area contributed by atoms with Crippen LogP contribution in [0.5, 0.6) is 11.5 Å². The average molecular weight is 457 g/mol. The molecule has 9 heteroatoms. The number of hydrogen-bond acceptors (Lipinski definition) is 6. The first-order valence-corrected chi connectivity index (χ1v) is 10.8. The lowest BCUT2D eigenvalue weighted by Gasteiger charge is -2.36. The summed E-state index contributed by atoms with van der Waals surface area (Å²) < 4.78 is 12.0. The zero-order valence-electron chi connectivity index (χ0n) is 18.1. The van der Waals surface area contributed by atoms with Gasteiger partial charge in [0.15, 0.2) is 11.5 Å². The van der Waals surface area contributed by atoms with Crippen LogP contribution in [0.2, 0.25) is 5.02 Å². The molecule has 0 aliphatic carbocycles. The third-order valence-corrected chi connectivity index (χ3v) is 5.97. The van der Waals surface area contributed by atoms with Crippen molar-refractivity contribution in [3.8, 4) is 11.5 Å². The molecule has 2 heterocycles. The maximum absolute atomic E-state index is 12.9. The van der Waals surface area contributed by atoms with E-state index >= 15 is 0 Å². The second-order valence-corrected chi connectivity index (χ2v) is 8.00. The van der Waals surface area contributed by atoms with Crippen molar-refractivity contribution in [2.24, 2.45) is 0 Å². The Bertz CT molecular complexity index is 1170. The summed E-state index contributed by atoms with van der Waals surface area (Å²) in [5, 5.41) is 1.13. The van der Waals surface area contributed by atoms with Gasteiger partial charge in [-0.25, -0.2) is 4.98 Å². The van der Waals surface area contributed by atoms with Crippen molar-refractivity contribution in [3.63, 3.8) is 0 Å². The van der Waals surface area contributed by atoms with E-state index < -0.39 is 0 Å². The molecule has 0 N–H and O–H groups in total.